The molecule has 2 aromatic rings. The first-order valence-electron chi connectivity index (χ1n) is 8.53. The van der Waals surface area contributed by atoms with Gasteiger partial charge in [0, 0.05) is 23.5 Å². The highest BCUT2D eigenvalue weighted by Crippen LogP contribution is 2.25. The van der Waals surface area contributed by atoms with Crippen LogP contribution in [0.5, 0.6) is 0 Å². The lowest BCUT2D eigenvalue weighted by Crippen LogP contribution is -2.46. The molecule has 27 heavy (non-hydrogen) atoms. The van der Waals surface area contributed by atoms with Crippen LogP contribution in [0.4, 0.5) is 0 Å². The number of hydrogen-bond acceptors (Lipinski definition) is 7. The molecule has 1 saturated heterocycles. The standard InChI is InChI=1S/C19H21N2O6/c1-11(23)12-4-5-14(20-8-12)7-15(24)13-3-2-6-21(9-13)19-18(26)17(25)16(10-22)27-19/h2-6,8-9,16-19,22,25-26H,7,10H2,1H3/q+1/t16-,17-,18-,19-/m1/s1. The number of carbonyl (C=O) groups excluding carboxylic acids is 2. The third-order valence-electron chi connectivity index (χ3n) is 4.53. The van der Waals surface area contributed by atoms with Crippen LogP contribution in [-0.2, 0) is 11.2 Å². The number of aliphatic hydroxyl groups is 3. The molecule has 1 aliphatic heterocycles. The number of carbonyl (C=O) groups is 2. The van der Waals surface area contributed by atoms with Gasteiger partial charge in [-0.1, -0.05) is 0 Å². The molecule has 8 heteroatoms. The van der Waals surface area contributed by atoms with Crippen molar-refractivity contribution < 1.29 is 34.2 Å². The summed E-state index contributed by atoms with van der Waals surface area (Å²) in [5, 5.41) is 29.2. The van der Waals surface area contributed by atoms with Crippen LogP contribution in [-0.4, -0.2) is 56.8 Å². The maximum Gasteiger partial charge on any atom is 0.292 e. The van der Waals surface area contributed by atoms with Gasteiger partial charge in [0.2, 0.25) is 0 Å². The highest BCUT2D eigenvalue weighted by Gasteiger charge is 2.47. The van der Waals surface area contributed by atoms with Crippen molar-refractivity contribution in [2.45, 2.75) is 37.9 Å². The lowest BCUT2D eigenvalue weighted by atomic mass is 10.1. The Balaban J connectivity index is 1.75. The SMILES string of the molecule is CC(=O)c1ccc(CC(=O)c2ccc[n+]([C@@H]3O[C@H](CO)[C@@H](O)[C@H]3O)c2)nc1. The van der Waals surface area contributed by atoms with Gasteiger partial charge < -0.3 is 20.1 Å². The quantitative estimate of drug-likeness (QED) is 0.466. The number of pyridine rings is 2. The average molecular weight is 373 g/mol. The van der Waals surface area contributed by atoms with Crippen LogP contribution in [0.2, 0.25) is 0 Å². The molecule has 2 aromatic heterocycles. The predicted molar refractivity (Wildman–Crippen MR) is 91.9 cm³/mol. The Morgan fingerprint density at radius 1 is 1.19 bits per heavy atom. The molecule has 3 heterocycles. The molecule has 0 aliphatic carbocycles. The second-order valence-electron chi connectivity index (χ2n) is 6.46. The average Bonchev–Trinajstić information content (AvgIpc) is 2.97. The Labute approximate surface area is 155 Å². The zero-order valence-corrected chi connectivity index (χ0v) is 14.7. The molecule has 0 radical (unpaired) electrons. The molecule has 0 saturated carbocycles. The van der Waals surface area contributed by atoms with Crippen molar-refractivity contribution in [3.05, 3.63) is 59.7 Å². The van der Waals surface area contributed by atoms with Crippen LogP contribution in [0.3, 0.4) is 0 Å². The van der Waals surface area contributed by atoms with Crippen molar-refractivity contribution in [1.82, 2.24) is 4.98 Å². The van der Waals surface area contributed by atoms with E-state index >= 15 is 0 Å². The lowest BCUT2D eigenvalue weighted by molar-refractivity contribution is -0.765. The number of nitrogens with zero attached hydrogens (tertiary/aromatic N) is 2. The van der Waals surface area contributed by atoms with E-state index in [1.807, 2.05) is 0 Å². The van der Waals surface area contributed by atoms with Crippen molar-refractivity contribution in [1.29, 1.82) is 0 Å². The van der Waals surface area contributed by atoms with Crippen LogP contribution in [0.1, 0.15) is 39.6 Å². The smallest absolute Gasteiger partial charge is 0.292 e. The number of rotatable bonds is 6. The molecule has 8 nitrogen and oxygen atoms in total. The first-order chi connectivity index (χ1) is 12.9. The number of Topliss-reactive ketones (excluding diaryl/α,β-unsaturated/α-hetero) is 2. The van der Waals surface area contributed by atoms with Gasteiger partial charge in [0.25, 0.3) is 6.23 Å². The molecule has 142 valence electrons. The van der Waals surface area contributed by atoms with Gasteiger partial charge in [0.05, 0.1) is 18.6 Å². The molecule has 0 amide bonds. The maximum atomic E-state index is 12.6. The largest absolute Gasteiger partial charge is 0.394 e. The number of hydrogen-bond donors (Lipinski definition) is 3. The molecule has 3 rings (SSSR count). The Hall–Kier alpha value is -2.52. The summed E-state index contributed by atoms with van der Waals surface area (Å²) in [5.74, 6) is -0.290. The van der Waals surface area contributed by atoms with Crippen molar-refractivity contribution in [2.24, 2.45) is 0 Å². The molecule has 0 unspecified atom stereocenters. The fraction of sp³-hybridized carbons (Fsp3) is 0.368. The van der Waals surface area contributed by atoms with Crippen LogP contribution < -0.4 is 4.57 Å². The third-order valence-corrected chi connectivity index (χ3v) is 4.53. The van der Waals surface area contributed by atoms with Gasteiger partial charge in [0.1, 0.15) is 12.2 Å². The summed E-state index contributed by atoms with van der Waals surface area (Å²) >= 11 is 0. The number of ketones is 2. The van der Waals surface area contributed by atoms with Gasteiger partial charge in [-0.3, -0.25) is 14.6 Å². The van der Waals surface area contributed by atoms with E-state index in [0.717, 1.165) is 0 Å². The molecule has 0 aromatic carbocycles. The molecule has 0 spiro atoms. The van der Waals surface area contributed by atoms with E-state index in [2.05, 4.69) is 4.98 Å². The topological polar surface area (TPSA) is 121 Å². The Kier molecular flexibility index (Phi) is 5.71. The fourth-order valence-corrected chi connectivity index (χ4v) is 2.95. The van der Waals surface area contributed by atoms with Crippen LogP contribution >= 0.6 is 0 Å². The van der Waals surface area contributed by atoms with Crippen LogP contribution in [0.25, 0.3) is 0 Å². The number of aliphatic hydroxyl groups excluding tert-OH is 3. The molecule has 0 bridgehead atoms. The third kappa shape index (κ3) is 4.09. The lowest BCUT2D eigenvalue weighted by Gasteiger charge is -2.10. The summed E-state index contributed by atoms with van der Waals surface area (Å²) in [7, 11) is 0. The van der Waals surface area contributed by atoms with E-state index in [9.17, 15) is 24.9 Å². The van der Waals surface area contributed by atoms with Gasteiger partial charge in [-0.05, 0) is 25.1 Å². The summed E-state index contributed by atoms with van der Waals surface area (Å²) in [6.07, 6.45) is 0.393. The fourth-order valence-electron chi connectivity index (χ4n) is 2.95. The Morgan fingerprint density at radius 3 is 2.56 bits per heavy atom. The Bertz CT molecular complexity index is 838. The van der Waals surface area contributed by atoms with E-state index in [1.54, 1.807) is 30.5 Å². The van der Waals surface area contributed by atoms with Crippen LogP contribution in [0, 0.1) is 0 Å². The van der Waals surface area contributed by atoms with E-state index in [1.165, 1.54) is 23.9 Å². The van der Waals surface area contributed by atoms with Gasteiger partial charge >= 0.3 is 0 Å². The van der Waals surface area contributed by atoms with Crippen molar-refractivity contribution in [3.8, 4) is 0 Å². The maximum absolute atomic E-state index is 12.6. The van der Waals surface area contributed by atoms with E-state index in [0.29, 0.717) is 16.8 Å². The van der Waals surface area contributed by atoms with E-state index < -0.39 is 31.1 Å². The number of ether oxygens (including phenoxy) is 1. The monoisotopic (exact) mass is 373 g/mol. The first kappa shape index (κ1) is 19.2. The molecule has 3 N–H and O–H groups in total. The molecule has 1 aliphatic rings. The molecular weight excluding hydrogens is 352 g/mol. The summed E-state index contributed by atoms with van der Waals surface area (Å²) < 4.78 is 6.96. The predicted octanol–water partition coefficient (Wildman–Crippen LogP) is -0.391. The van der Waals surface area contributed by atoms with E-state index in [-0.39, 0.29) is 18.0 Å². The van der Waals surface area contributed by atoms with Gasteiger partial charge in [-0.15, -0.1) is 0 Å². The summed E-state index contributed by atoms with van der Waals surface area (Å²) in [5.41, 5.74) is 1.40. The van der Waals surface area contributed by atoms with Gasteiger partial charge in [0.15, 0.2) is 30.1 Å². The van der Waals surface area contributed by atoms with Crippen molar-refractivity contribution in [2.75, 3.05) is 6.61 Å². The van der Waals surface area contributed by atoms with E-state index in [4.69, 9.17) is 4.74 Å². The normalized spacial score (nSPS) is 24.7. The molecular formula is C19H21N2O6+. The highest BCUT2D eigenvalue weighted by atomic mass is 16.6. The minimum atomic E-state index is -1.22. The first-order valence-corrected chi connectivity index (χ1v) is 8.53. The van der Waals surface area contributed by atoms with Crippen molar-refractivity contribution in [3.63, 3.8) is 0 Å². The highest BCUT2D eigenvalue weighted by molar-refractivity contribution is 5.97. The molecule has 1 fully saturated rings. The second kappa shape index (κ2) is 8.01. The van der Waals surface area contributed by atoms with Crippen LogP contribution in [0.15, 0.2) is 42.9 Å². The Morgan fingerprint density at radius 2 is 1.96 bits per heavy atom. The zero-order valence-electron chi connectivity index (χ0n) is 14.7. The summed E-state index contributed by atoms with van der Waals surface area (Å²) in [6.45, 7) is 1.03. The van der Waals surface area contributed by atoms with Gasteiger partial charge in [-0.25, -0.2) is 0 Å². The summed E-state index contributed by atoms with van der Waals surface area (Å²) in [4.78, 5) is 28.0. The number of aromatic nitrogens is 2. The molecule has 4 atom stereocenters. The zero-order chi connectivity index (χ0) is 19.6. The van der Waals surface area contributed by atoms with Crippen molar-refractivity contribution >= 4 is 11.6 Å². The minimum absolute atomic E-state index is 0.0537. The van der Waals surface area contributed by atoms with Gasteiger partial charge in [-0.2, -0.15) is 4.57 Å². The summed E-state index contributed by atoms with van der Waals surface area (Å²) in [6, 6.07) is 6.53. The second-order valence-corrected chi connectivity index (χ2v) is 6.46. The minimum Gasteiger partial charge on any atom is -0.394 e.